The Balaban J connectivity index is 1.89. The van der Waals surface area contributed by atoms with E-state index < -0.39 is 0 Å². The van der Waals surface area contributed by atoms with E-state index in [4.69, 9.17) is 5.73 Å². The van der Waals surface area contributed by atoms with E-state index in [2.05, 4.69) is 36.2 Å². The molecule has 0 aromatic carbocycles. The number of nitrogens with one attached hydrogen (secondary N) is 1. The molecule has 0 aromatic rings. The van der Waals surface area contributed by atoms with Gasteiger partial charge in [0, 0.05) is 38.3 Å². The highest BCUT2D eigenvalue weighted by Gasteiger charge is 2.38. The maximum Gasteiger partial charge on any atom is 0.0448 e. The molecular formula is C14H30N4. The molecule has 0 spiro atoms. The zero-order valence-corrected chi connectivity index (χ0v) is 12.3. The fourth-order valence-electron chi connectivity index (χ4n) is 3.02. The maximum atomic E-state index is 6.07. The lowest BCUT2D eigenvalue weighted by Gasteiger charge is -2.47. The predicted octanol–water partition coefficient (Wildman–Crippen LogP) is 1.04. The number of likely N-dealkylation sites (N-methyl/N-ethyl adjacent to an activating group) is 1. The van der Waals surface area contributed by atoms with Gasteiger partial charge in [0.1, 0.15) is 0 Å². The zero-order chi connectivity index (χ0) is 13.2. The molecule has 4 nitrogen and oxygen atoms in total. The Hall–Kier alpha value is -0.160. The third-order valence-electron chi connectivity index (χ3n) is 4.85. The molecule has 3 N–H and O–H groups in total. The minimum absolute atomic E-state index is 0.158. The molecule has 0 unspecified atom stereocenters. The van der Waals surface area contributed by atoms with Gasteiger partial charge in [-0.25, -0.2) is 10.4 Å². The topological polar surface area (TPSA) is 44.5 Å². The van der Waals surface area contributed by atoms with E-state index in [-0.39, 0.29) is 5.54 Å². The first-order valence-electron chi connectivity index (χ1n) is 7.36. The van der Waals surface area contributed by atoms with Gasteiger partial charge in [0.2, 0.25) is 0 Å². The molecule has 0 amide bonds. The summed E-state index contributed by atoms with van der Waals surface area (Å²) < 4.78 is 0. The number of hydrogen-bond donors (Lipinski definition) is 2. The second-order valence-corrected chi connectivity index (χ2v) is 7.05. The van der Waals surface area contributed by atoms with Gasteiger partial charge >= 0.3 is 0 Å². The van der Waals surface area contributed by atoms with E-state index in [9.17, 15) is 0 Å². The van der Waals surface area contributed by atoms with Crippen molar-refractivity contribution in [3.63, 3.8) is 0 Å². The van der Waals surface area contributed by atoms with Crippen molar-refractivity contribution < 1.29 is 0 Å². The predicted molar refractivity (Wildman–Crippen MR) is 76.2 cm³/mol. The minimum Gasteiger partial charge on any atom is -0.329 e. The molecule has 4 heteroatoms. The highest BCUT2D eigenvalue weighted by molar-refractivity contribution is 4.95. The summed E-state index contributed by atoms with van der Waals surface area (Å²) in [5.74, 6) is 0. The van der Waals surface area contributed by atoms with Gasteiger partial charge in [-0.2, -0.15) is 0 Å². The van der Waals surface area contributed by atoms with Gasteiger partial charge in [0.05, 0.1) is 0 Å². The molecular weight excluding hydrogens is 224 g/mol. The molecule has 18 heavy (non-hydrogen) atoms. The van der Waals surface area contributed by atoms with E-state index in [1.807, 2.05) is 0 Å². The van der Waals surface area contributed by atoms with Crippen molar-refractivity contribution >= 4 is 0 Å². The van der Waals surface area contributed by atoms with Gasteiger partial charge in [-0.15, -0.1) is 0 Å². The summed E-state index contributed by atoms with van der Waals surface area (Å²) in [5.41, 5.74) is 10.5. The molecule has 0 bridgehead atoms. The van der Waals surface area contributed by atoms with E-state index in [1.54, 1.807) is 0 Å². The first-order valence-corrected chi connectivity index (χ1v) is 7.36. The summed E-state index contributed by atoms with van der Waals surface area (Å²) in [6.45, 7) is 10.0. The molecule has 1 saturated heterocycles. The van der Waals surface area contributed by atoms with Crippen LogP contribution in [0.3, 0.4) is 0 Å². The minimum atomic E-state index is 0.158. The van der Waals surface area contributed by atoms with Crippen LogP contribution in [0.4, 0.5) is 0 Å². The van der Waals surface area contributed by atoms with Crippen LogP contribution >= 0.6 is 0 Å². The summed E-state index contributed by atoms with van der Waals surface area (Å²) in [7, 11) is 2.19. The van der Waals surface area contributed by atoms with Gasteiger partial charge < -0.3 is 10.6 Å². The summed E-state index contributed by atoms with van der Waals surface area (Å²) in [6, 6.07) is 0. The van der Waals surface area contributed by atoms with Crippen molar-refractivity contribution in [2.24, 2.45) is 11.1 Å². The third-order valence-corrected chi connectivity index (χ3v) is 4.85. The lowest BCUT2D eigenvalue weighted by atomic mass is 9.69. The van der Waals surface area contributed by atoms with Crippen LogP contribution in [-0.2, 0) is 0 Å². The largest absolute Gasteiger partial charge is 0.329 e. The van der Waals surface area contributed by atoms with Crippen molar-refractivity contribution in [1.29, 1.82) is 0 Å². The Bertz CT molecular complexity index is 259. The summed E-state index contributed by atoms with van der Waals surface area (Å²) >= 11 is 0. The third kappa shape index (κ3) is 3.44. The van der Waals surface area contributed by atoms with Crippen molar-refractivity contribution in [1.82, 2.24) is 15.3 Å². The number of piperazine rings is 1. The van der Waals surface area contributed by atoms with E-state index in [1.165, 1.54) is 25.7 Å². The number of hydrazine groups is 1. The quantitative estimate of drug-likeness (QED) is 0.790. The molecule has 1 aliphatic heterocycles. The molecule has 1 saturated carbocycles. The molecule has 2 fully saturated rings. The monoisotopic (exact) mass is 254 g/mol. The average molecular weight is 254 g/mol. The summed E-state index contributed by atoms with van der Waals surface area (Å²) in [5, 5.41) is 2.39. The molecule has 0 aromatic heterocycles. The Morgan fingerprint density at radius 2 is 1.56 bits per heavy atom. The van der Waals surface area contributed by atoms with E-state index in [0.717, 1.165) is 32.7 Å². The molecule has 1 aliphatic carbocycles. The van der Waals surface area contributed by atoms with Crippen LogP contribution in [0.2, 0.25) is 0 Å². The van der Waals surface area contributed by atoms with Gasteiger partial charge in [0.15, 0.2) is 0 Å². The van der Waals surface area contributed by atoms with Crippen LogP contribution in [0.1, 0.15) is 39.5 Å². The second-order valence-electron chi connectivity index (χ2n) is 7.05. The Morgan fingerprint density at radius 1 is 1.00 bits per heavy atom. The normalized spacial score (nSPS) is 29.3. The smallest absolute Gasteiger partial charge is 0.0448 e. The van der Waals surface area contributed by atoms with Gasteiger partial charge in [0.25, 0.3) is 0 Å². The van der Waals surface area contributed by atoms with Crippen molar-refractivity contribution in [2.75, 3.05) is 39.8 Å². The van der Waals surface area contributed by atoms with Gasteiger partial charge in [-0.3, -0.25) is 0 Å². The van der Waals surface area contributed by atoms with Gasteiger partial charge in [-0.1, -0.05) is 13.8 Å². The number of nitrogens with two attached hydrogens (primary N) is 1. The van der Waals surface area contributed by atoms with Crippen molar-refractivity contribution in [3.05, 3.63) is 0 Å². The molecule has 1 heterocycles. The van der Waals surface area contributed by atoms with Crippen LogP contribution in [0, 0.1) is 5.41 Å². The van der Waals surface area contributed by atoms with Crippen LogP contribution in [0.15, 0.2) is 0 Å². The van der Waals surface area contributed by atoms with E-state index in [0.29, 0.717) is 5.41 Å². The SMILES string of the molecule is CN1CCN(NC2(CN)CCC(C)(C)CC2)CC1. The first kappa shape index (κ1) is 14.3. The van der Waals surface area contributed by atoms with Gasteiger partial charge in [-0.05, 0) is 38.1 Å². The molecule has 0 radical (unpaired) electrons. The number of nitrogens with zero attached hydrogens (tertiary/aromatic N) is 2. The lowest BCUT2D eigenvalue weighted by molar-refractivity contribution is 0.0218. The Morgan fingerprint density at radius 3 is 2.06 bits per heavy atom. The molecule has 2 rings (SSSR count). The fourth-order valence-corrected chi connectivity index (χ4v) is 3.02. The Kier molecular flexibility index (Phi) is 4.32. The van der Waals surface area contributed by atoms with Crippen LogP contribution in [0.5, 0.6) is 0 Å². The Labute approximate surface area is 112 Å². The fraction of sp³-hybridized carbons (Fsp3) is 1.00. The lowest BCUT2D eigenvalue weighted by Crippen LogP contribution is -2.63. The number of hydrogen-bond acceptors (Lipinski definition) is 4. The molecule has 0 atom stereocenters. The van der Waals surface area contributed by atoms with Crippen LogP contribution < -0.4 is 11.2 Å². The molecule has 106 valence electrons. The van der Waals surface area contributed by atoms with Crippen molar-refractivity contribution in [3.8, 4) is 0 Å². The standard InChI is InChI=1S/C14H30N4/c1-13(2)4-6-14(12-15,7-5-13)16-18-10-8-17(3)9-11-18/h16H,4-12,15H2,1-3H3. The zero-order valence-electron chi connectivity index (χ0n) is 12.3. The van der Waals surface area contributed by atoms with Crippen LogP contribution in [0.25, 0.3) is 0 Å². The average Bonchev–Trinajstić information content (AvgIpc) is 2.35. The second kappa shape index (κ2) is 5.45. The van der Waals surface area contributed by atoms with Crippen LogP contribution in [-0.4, -0.2) is 55.2 Å². The van der Waals surface area contributed by atoms with Crippen molar-refractivity contribution in [2.45, 2.75) is 45.1 Å². The highest BCUT2D eigenvalue weighted by Crippen LogP contribution is 2.39. The molecule has 2 aliphatic rings. The summed E-state index contributed by atoms with van der Waals surface area (Å²) in [4.78, 5) is 2.39. The van der Waals surface area contributed by atoms with E-state index >= 15 is 0 Å². The number of rotatable bonds is 3. The highest BCUT2D eigenvalue weighted by atomic mass is 15.5. The summed E-state index contributed by atoms with van der Waals surface area (Å²) in [6.07, 6.45) is 4.99. The maximum absolute atomic E-state index is 6.07. The first-order chi connectivity index (χ1) is 8.45.